The predicted molar refractivity (Wildman–Crippen MR) is 89.9 cm³/mol. The van der Waals surface area contributed by atoms with Crippen molar-refractivity contribution in [2.24, 2.45) is 0 Å². The van der Waals surface area contributed by atoms with Crippen LogP contribution in [0.15, 0.2) is 24.3 Å². The molecular weight excluding hydrogens is 320 g/mol. The molecule has 0 aromatic heterocycles. The minimum Gasteiger partial charge on any atom is -0.496 e. The van der Waals surface area contributed by atoms with Crippen molar-refractivity contribution in [3.05, 3.63) is 57.6 Å². The zero-order valence-electron chi connectivity index (χ0n) is 14.0. The van der Waals surface area contributed by atoms with Gasteiger partial charge in [0.2, 0.25) is 5.78 Å². The Hall–Kier alpha value is -2.95. The second kappa shape index (κ2) is 5.55. The Balaban J connectivity index is 2.03. The van der Waals surface area contributed by atoms with Crippen LogP contribution >= 0.6 is 0 Å². The van der Waals surface area contributed by atoms with Crippen LogP contribution in [-0.4, -0.2) is 31.6 Å². The summed E-state index contributed by atoms with van der Waals surface area (Å²) in [6.45, 7) is 0. The quantitative estimate of drug-likeness (QED) is 0.719. The molecule has 2 aromatic rings. The number of ketones is 3. The summed E-state index contributed by atoms with van der Waals surface area (Å²) in [6.07, 6.45) is 1.21. The Kier molecular flexibility index (Phi) is 3.46. The number of hydrogen-bond donors (Lipinski definition) is 0. The van der Waals surface area contributed by atoms with E-state index in [1.54, 1.807) is 24.3 Å². The first kappa shape index (κ1) is 15.6. The molecule has 2 aliphatic rings. The number of hydrogen-bond acceptors (Lipinski definition) is 5. The molecule has 0 fully saturated rings. The highest BCUT2D eigenvalue weighted by molar-refractivity contribution is 6.30. The van der Waals surface area contributed by atoms with Crippen molar-refractivity contribution in [2.45, 2.75) is 19.3 Å². The fourth-order valence-corrected chi connectivity index (χ4v) is 3.77. The molecule has 0 amide bonds. The molecule has 0 spiro atoms. The number of ether oxygens (including phenoxy) is 2. The number of rotatable bonds is 2. The van der Waals surface area contributed by atoms with Crippen LogP contribution in [0, 0.1) is 0 Å². The maximum Gasteiger partial charge on any atom is 0.201 e. The van der Waals surface area contributed by atoms with Gasteiger partial charge in [-0.05, 0) is 29.7 Å². The summed E-state index contributed by atoms with van der Waals surface area (Å²) in [5.74, 6) is 0.388. The van der Waals surface area contributed by atoms with Gasteiger partial charge < -0.3 is 9.47 Å². The highest BCUT2D eigenvalue weighted by Gasteiger charge is 2.37. The molecule has 0 atom stereocenters. The maximum atomic E-state index is 13.2. The summed E-state index contributed by atoms with van der Waals surface area (Å²) in [5, 5.41) is 0. The smallest absolute Gasteiger partial charge is 0.201 e. The monoisotopic (exact) mass is 336 g/mol. The fourth-order valence-electron chi connectivity index (χ4n) is 3.77. The van der Waals surface area contributed by atoms with E-state index in [0.717, 1.165) is 11.1 Å². The van der Waals surface area contributed by atoms with Gasteiger partial charge in [0.05, 0.1) is 25.3 Å². The molecule has 2 aromatic carbocycles. The van der Waals surface area contributed by atoms with E-state index in [1.165, 1.54) is 14.2 Å². The van der Waals surface area contributed by atoms with Crippen LogP contribution in [0.5, 0.6) is 11.5 Å². The third-order valence-corrected chi connectivity index (χ3v) is 4.91. The highest BCUT2D eigenvalue weighted by atomic mass is 16.5. The lowest BCUT2D eigenvalue weighted by molar-refractivity contribution is -0.118. The third kappa shape index (κ3) is 2.12. The molecule has 5 heteroatoms. The summed E-state index contributed by atoms with van der Waals surface area (Å²) in [6, 6.07) is 6.66. The molecule has 5 nitrogen and oxygen atoms in total. The van der Waals surface area contributed by atoms with Gasteiger partial charge in [-0.2, -0.15) is 0 Å². The van der Waals surface area contributed by atoms with Crippen molar-refractivity contribution in [1.29, 1.82) is 0 Å². The number of benzene rings is 2. The van der Waals surface area contributed by atoms with E-state index in [1.807, 2.05) is 0 Å². The summed E-state index contributed by atoms with van der Waals surface area (Å²) < 4.78 is 10.8. The average molecular weight is 336 g/mol. The minimum absolute atomic E-state index is 0.131. The number of Topliss-reactive ketones (excluding diaryl/α,β-unsaturated/α-hetero) is 1. The molecule has 0 radical (unpaired) electrons. The van der Waals surface area contributed by atoms with Crippen molar-refractivity contribution in [3.8, 4) is 11.5 Å². The first-order chi connectivity index (χ1) is 12.1. The summed E-state index contributed by atoms with van der Waals surface area (Å²) in [4.78, 5) is 38.0. The second-order valence-electron chi connectivity index (χ2n) is 6.23. The largest absolute Gasteiger partial charge is 0.496 e. The molecule has 0 aliphatic heterocycles. The third-order valence-electron chi connectivity index (χ3n) is 4.91. The highest BCUT2D eigenvalue weighted by Crippen LogP contribution is 2.41. The van der Waals surface area contributed by atoms with Gasteiger partial charge in [0.1, 0.15) is 17.3 Å². The summed E-state index contributed by atoms with van der Waals surface area (Å²) >= 11 is 0. The van der Waals surface area contributed by atoms with Gasteiger partial charge in [0.25, 0.3) is 0 Å². The second-order valence-corrected chi connectivity index (χ2v) is 6.23. The molecule has 4 rings (SSSR count). The van der Waals surface area contributed by atoms with Crippen molar-refractivity contribution >= 4 is 17.3 Å². The van der Waals surface area contributed by atoms with Crippen molar-refractivity contribution < 1.29 is 23.9 Å². The van der Waals surface area contributed by atoms with Crippen LogP contribution in [-0.2, 0) is 17.6 Å². The normalized spacial score (nSPS) is 15.4. The molecule has 0 saturated carbocycles. The zero-order chi connectivity index (χ0) is 17.7. The SMILES string of the molecule is COc1cccc2c1C(=O)c1c(cc3c(c1OC)CCC(=O)C3)C2=O. The van der Waals surface area contributed by atoms with E-state index < -0.39 is 0 Å². The zero-order valence-corrected chi connectivity index (χ0v) is 14.0. The molecule has 0 unspecified atom stereocenters. The van der Waals surface area contributed by atoms with E-state index in [-0.39, 0.29) is 34.9 Å². The molecule has 2 aliphatic carbocycles. The number of methoxy groups -OCH3 is 2. The van der Waals surface area contributed by atoms with E-state index in [2.05, 4.69) is 0 Å². The summed E-state index contributed by atoms with van der Waals surface area (Å²) in [7, 11) is 2.96. The van der Waals surface area contributed by atoms with Crippen molar-refractivity contribution in [2.75, 3.05) is 14.2 Å². The predicted octanol–water partition coefficient (Wildman–Crippen LogP) is 2.54. The lowest BCUT2D eigenvalue weighted by Gasteiger charge is -2.26. The lowest BCUT2D eigenvalue weighted by Crippen LogP contribution is -2.25. The Labute approximate surface area is 144 Å². The van der Waals surface area contributed by atoms with Crippen molar-refractivity contribution in [1.82, 2.24) is 0 Å². The minimum atomic E-state index is -0.279. The topological polar surface area (TPSA) is 69.7 Å². The van der Waals surface area contributed by atoms with E-state index >= 15 is 0 Å². The Bertz CT molecular complexity index is 955. The van der Waals surface area contributed by atoms with E-state index in [0.29, 0.717) is 35.5 Å². The molecule has 0 N–H and O–H groups in total. The van der Waals surface area contributed by atoms with Gasteiger partial charge in [-0.25, -0.2) is 0 Å². The number of fused-ring (bicyclic) bond motifs is 3. The van der Waals surface area contributed by atoms with E-state index in [9.17, 15) is 14.4 Å². The molecule has 126 valence electrons. The standard InChI is InChI=1S/C20H16O5/c1-24-15-5-3-4-13-16(15)19(23)17-14(18(13)22)9-10-8-11(21)6-7-12(10)20(17)25-2/h3-5,9H,6-8H2,1-2H3. The van der Waals surface area contributed by atoms with Gasteiger partial charge in [0.15, 0.2) is 5.78 Å². The number of carbonyl (C=O) groups excluding carboxylic acids is 3. The average Bonchev–Trinajstić information content (AvgIpc) is 2.63. The van der Waals surface area contributed by atoms with Crippen LogP contribution in [0.3, 0.4) is 0 Å². The molecule has 0 saturated heterocycles. The summed E-state index contributed by atoms with van der Waals surface area (Å²) in [5.41, 5.74) is 2.79. The fraction of sp³-hybridized carbons (Fsp3) is 0.250. The molecule has 25 heavy (non-hydrogen) atoms. The van der Waals surface area contributed by atoms with Crippen LogP contribution in [0.4, 0.5) is 0 Å². The van der Waals surface area contributed by atoms with Crippen LogP contribution in [0.2, 0.25) is 0 Å². The Morgan fingerprint density at radius 2 is 1.68 bits per heavy atom. The van der Waals surface area contributed by atoms with E-state index in [4.69, 9.17) is 9.47 Å². The lowest BCUT2D eigenvalue weighted by atomic mass is 9.78. The first-order valence-corrected chi connectivity index (χ1v) is 8.07. The van der Waals surface area contributed by atoms with Crippen LogP contribution in [0.1, 0.15) is 49.4 Å². The first-order valence-electron chi connectivity index (χ1n) is 8.07. The molecular formula is C20H16O5. The van der Waals surface area contributed by atoms with Gasteiger partial charge >= 0.3 is 0 Å². The van der Waals surface area contributed by atoms with Crippen LogP contribution < -0.4 is 9.47 Å². The van der Waals surface area contributed by atoms with Gasteiger partial charge in [0, 0.05) is 24.0 Å². The Morgan fingerprint density at radius 1 is 0.880 bits per heavy atom. The van der Waals surface area contributed by atoms with Gasteiger partial charge in [-0.15, -0.1) is 0 Å². The van der Waals surface area contributed by atoms with Crippen LogP contribution in [0.25, 0.3) is 0 Å². The number of carbonyl (C=O) groups is 3. The maximum absolute atomic E-state index is 13.2. The van der Waals surface area contributed by atoms with Gasteiger partial charge in [-0.3, -0.25) is 14.4 Å². The molecule has 0 heterocycles. The Morgan fingerprint density at radius 3 is 2.40 bits per heavy atom. The molecule has 0 bridgehead atoms. The van der Waals surface area contributed by atoms with Crippen molar-refractivity contribution in [3.63, 3.8) is 0 Å². The van der Waals surface area contributed by atoms with Gasteiger partial charge in [-0.1, -0.05) is 12.1 Å².